The summed E-state index contributed by atoms with van der Waals surface area (Å²) >= 11 is 2.30. The van der Waals surface area contributed by atoms with Crippen molar-refractivity contribution < 1.29 is 0 Å². The minimum atomic E-state index is 0.401. The minimum absolute atomic E-state index is 0.401. The Kier molecular flexibility index (Phi) is 5.41. The lowest BCUT2D eigenvalue weighted by atomic mass is 9.94. The number of pyridine rings is 2. The molecule has 0 atom stereocenters. The van der Waals surface area contributed by atoms with Gasteiger partial charge < -0.3 is 5.32 Å². The molecular formula is C22H15IN6. The van der Waals surface area contributed by atoms with Crippen LogP contribution in [0.15, 0.2) is 61.2 Å². The van der Waals surface area contributed by atoms with Crippen LogP contribution in [0.1, 0.15) is 22.4 Å². The summed E-state index contributed by atoms with van der Waals surface area (Å²) in [7, 11) is 0. The van der Waals surface area contributed by atoms with Gasteiger partial charge in [-0.2, -0.15) is 10.5 Å². The number of benzene rings is 1. The molecular weight excluding hydrogens is 475 g/mol. The van der Waals surface area contributed by atoms with Crippen LogP contribution in [0.25, 0.3) is 16.8 Å². The fourth-order valence-electron chi connectivity index (χ4n) is 3.37. The van der Waals surface area contributed by atoms with Crippen LogP contribution in [0.5, 0.6) is 0 Å². The normalized spacial score (nSPS) is 10.4. The molecule has 0 aliphatic rings. The van der Waals surface area contributed by atoms with Crippen molar-refractivity contribution in [3.63, 3.8) is 0 Å². The third-order valence-corrected chi connectivity index (χ3v) is 5.50. The Balaban J connectivity index is 1.98. The molecule has 7 heteroatoms. The van der Waals surface area contributed by atoms with E-state index in [-0.39, 0.29) is 0 Å². The predicted octanol–water partition coefficient (Wildman–Crippen LogP) is 4.69. The maximum Gasteiger partial charge on any atom is 0.162 e. The number of imidazole rings is 1. The highest BCUT2D eigenvalue weighted by Crippen LogP contribution is 2.37. The second-order valence-electron chi connectivity index (χ2n) is 6.32. The zero-order chi connectivity index (χ0) is 20.2. The molecule has 0 unspecified atom stereocenters. The molecule has 0 spiro atoms. The fraction of sp³-hybridized carbons (Fsp3) is 0.0909. The van der Waals surface area contributed by atoms with Gasteiger partial charge in [0, 0.05) is 41.3 Å². The summed E-state index contributed by atoms with van der Waals surface area (Å²) in [5, 5.41) is 23.4. The van der Waals surface area contributed by atoms with Crippen molar-refractivity contribution in [2.45, 2.75) is 11.0 Å². The molecule has 0 aliphatic carbocycles. The van der Waals surface area contributed by atoms with E-state index in [4.69, 9.17) is 0 Å². The first-order chi connectivity index (χ1) is 14.3. The number of fused-ring (bicyclic) bond motifs is 1. The van der Waals surface area contributed by atoms with Crippen molar-refractivity contribution in [3.05, 3.63) is 83.6 Å². The largest absolute Gasteiger partial charge is 0.377 e. The number of alkyl halides is 1. The first-order valence-electron chi connectivity index (χ1n) is 8.88. The van der Waals surface area contributed by atoms with E-state index in [1.807, 2.05) is 36.4 Å². The van der Waals surface area contributed by atoms with Gasteiger partial charge in [0.25, 0.3) is 0 Å². The van der Waals surface area contributed by atoms with E-state index >= 15 is 0 Å². The lowest BCUT2D eigenvalue weighted by molar-refractivity contribution is 1.09. The molecule has 0 radical (unpaired) electrons. The van der Waals surface area contributed by atoms with Crippen molar-refractivity contribution in [1.29, 1.82) is 10.5 Å². The first-order valence-corrected chi connectivity index (χ1v) is 10.4. The van der Waals surface area contributed by atoms with Crippen LogP contribution in [-0.4, -0.2) is 14.4 Å². The van der Waals surface area contributed by atoms with Gasteiger partial charge >= 0.3 is 0 Å². The summed E-state index contributed by atoms with van der Waals surface area (Å²) in [6.45, 7) is 0.490. The van der Waals surface area contributed by atoms with E-state index in [1.54, 1.807) is 29.2 Å². The molecule has 3 heterocycles. The van der Waals surface area contributed by atoms with Crippen molar-refractivity contribution in [2.24, 2.45) is 0 Å². The molecule has 140 valence electrons. The third kappa shape index (κ3) is 3.41. The molecule has 1 N–H and O–H groups in total. The topological polar surface area (TPSA) is 89.8 Å². The van der Waals surface area contributed by atoms with Gasteiger partial charge in [0.05, 0.1) is 11.3 Å². The van der Waals surface area contributed by atoms with E-state index in [0.29, 0.717) is 34.7 Å². The number of nitrogens with zero attached hydrogens (tertiary/aromatic N) is 5. The molecule has 0 bridgehead atoms. The maximum atomic E-state index is 10.1. The molecule has 0 aliphatic heterocycles. The minimum Gasteiger partial charge on any atom is -0.377 e. The van der Waals surface area contributed by atoms with Gasteiger partial charge in [0.1, 0.15) is 17.8 Å². The van der Waals surface area contributed by atoms with Crippen molar-refractivity contribution in [2.75, 3.05) is 5.32 Å². The summed E-state index contributed by atoms with van der Waals surface area (Å²) in [6.07, 6.45) is 6.89. The Morgan fingerprint density at radius 1 is 1.07 bits per heavy atom. The third-order valence-electron chi connectivity index (χ3n) is 4.68. The van der Waals surface area contributed by atoms with Gasteiger partial charge in [0.15, 0.2) is 5.65 Å². The quantitative estimate of drug-likeness (QED) is 0.324. The fourth-order valence-corrected chi connectivity index (χ4v) is 4.03. The zero-order valence-electron chi connectivity index (χ0n) is 15.3. The summed E-state index contributed by atoms with van der Waals surface area (Å²) in [5.74, 6) is 0. The molecule has 4 rings (SSSR count). The number of rotatable bonds is 5. The SMILES string of the molecule is N#Cc1c(-c2ccccc2CI)c(C#N)n2ccnc2c1NCc1cccnc1. The summed E-state index contributed by atoms with van der Waals surface area (Å²) in [6, 6.07) is 16.3. The first kappa shape index (κ1) is 18.9. The van der Waals surface area contributed by atoms with Gasteiger partial charge in [-0.1, -0.05) is 52.9 Å². The Labute approximate surface area is 181 Å². The molecule has 1 aromatic carbocycles. The van der Waals surface area contributed by atoms with Gasteiger partial charge in [-0.05, 0) is 22.8 Å². The average molecular weight is 490 g/mol. The van der Waals surface area contributed by atoms with Crippen LogP contribution in [0.3, 0.4) is 0 Å². The van der Waals surface area contributed by atoms with E-state index < -0.39 is 0 Å². The lowest BCUT2D eigenvalue weighted by Crippen LogP contribution is -2.09. The van der Waals surface area contributed by atoms with Crippen molar-refractivity contribution in [3.8, 4) is 23.3 Å². The van der Waals surface area contributed by atoms with Gasteiger partial charge in [-0.15, -0.1) is 0 Å². The number of nitrogens with one attached hydrogen (secondary N) is 1. The van der Waals surface area contributed by atoms with E-state index in [9.17, 15) is 10.5 Å². The van der Waals surface area contributed by atoms with Gasteiger partial charge in [-0.25, -0.2) is 4.98 Å². The van der Waals surface area contributed by atoms with E-state index in [0.717, 1.165) is 21.1 Å². The molecule has 29 heavy (non-hydrogen) atoms. The Morgan fingerprint density at radius 3 is 2.66 bits per heavy atom. The van der Waals surface area contributed by atoms with Crippen LogP contribution in [0, 0.1) is 22.7 Å². The summed E-state index contributed by atoms with van der Waals surface area (Å²) < 4.78 is 2.51. The maximum absolute atomic E-state index is 10.1. The lowest BCUT2D eigenvalue weighted by Gasteiger charge is -2.17. The summed E-state index contributed by atoms with van der Waals surface area (Å²) in [4.78, 5) is 8.54. The van der Waals surface area contributed by atoms with E-state index in [2.05, 4.69) is 50.0 Å². The number of hydrogen-bond acceptors (Lipinski definition) is 5. The van der Waals surface area contributed by atoms with Crippen molar-refractivity contribution in [1.82, 2.24) is 14.4 Å². The number of nitriles is 2. The monoisotopic (exact) mass is 490 g/mol. The second-order valence-corrected chi connectivity index (χ2v) is 7.09. The highest BCUT2D eigenvalue weighted by atomic mass is 127. The molecule has 0 amide bonds. The summed E-state index contributed by atoms with van der Waals surface area (Å²) in [5.41, 5.74) is 5.55. The van der Waals surface area contributed by atoms with Crippen molar-refractivity contribution >= 4 is 33.9 Å². The molecule has 0 saturated heterocycles. The standard InChI is InChI=1S/C22H15IN6/c23-10-16-5-1-2-6-17(16)20-18(11-24)21(28-14-15-4-3-7-26-13-15)22-27-8-9-29(22)19(20)12-25/h1-9,13,28H,10,14H2. The Morgan fingerprint density at radius 2 is 1.93 bits per heavy atom. The van der Waals surface area contributed by atoms with Gasteiger partial charge in [-0.3, -0.25) is 9.38 Å². The van der Waals surface area contributed by atoms with Crippen LogP contribution in [0.2, 0.25) is 0 Å². The smallest absolute Gasteiger partial charge is 0.162 e. The zero-order valence-corrected chi connectivity index (χ0v) is 17.5. The van der Waals surface area contributed by atoms with Crippen LogP contribution < -0.4 is 5.32 Å². The number of halogens is 1. The molecule has 3 aromatic heterocycles. The highest BCUT2D eigenvalue weighted by Gasteiger charge is 2.23. The predicted molar refractivity (Wildman–Crippen MR) is 119 cm³/mol. The number of anilines is 1. The second kappa shape index (κ2) is 8.29. The Bertz CT molecular complexity index is 1260. The van der Waals surface area contributed by atoms with E-state index in [1.165, 1.54) is 0 Å². The molecule has 4 aromatic rings. The average Bonchev–Trinajstić information content (AvgIpc) is 3.26. The van der Waals surface area contributed by atoms with Gasteiger partial charge in [0.2, 0.25) is 0 Å². The molecule has 0 fully saturated rings. The Hall–Kier alpha value is -3.43. The molecule has 0 saturated carbocycles. The number of hydrogen-bond donors (Lipinski definition) is 1. The van der Waals surface area contributed by atoms with Crippen LogP contribution in [0.4, 0.5) is 5.69 Å². The van der Waals surface area contributed by atoms with Crippen LogP contribution >= 0.6 is 22.6 Å². The van der Waals surface area contributed by atoms with Crippen LogP contribution in [-0.2, 0) is 11.0 Å². The molecule has 6 nitrogen and oxygen atoms in total. The highest BCUT2D eigenvalue weighted by molar-refractivity contribution is 14.1. The number of aromatic nitrogens is 3.